The molecule has 0 aliphatic carbocycles. The lowest BCUT2D eigenvalue weighted by atomic mass is 9.97. The third-order valence-corrected chi connectivity index (χ3v) is 5.34. The summed E-state index contributed by atoms with van der Waals surface area (Å²) in [6.07, 6.45) is 0. The summed E-state index contributed by atoms with van der Waals surface area (Å²) in [5, 5.41) is 2.53. The van der Waals surface area contributed by atoms with Crippen molar-refractivity contribution in [3.8, 4) is 0 Å². The zero-order valence-corrected chi connectivity index (χ0v) is 15.2. The van der Waals surface area contributed by atoms with Crippen LogP contribution in [-0.4, -0.2) is 0 Å². The van der Waals surface area contributed by atoms with E-state index in [1.807, 2.05) is 0 Å². The van der Waals surface area contributed by atoms with Gasteiger partial charge in [-0.15, -0.1) is 0 Å². The molecule has 0 N–H and O–H groups in total. The molecule has 0 saturated heterocycles. The highest BCUT2D eigenvalue weighted by Gasteiger charge is 2.13. The summed E-state index contributed by atoms with van der Waals surface area (Å²) in [5.74, 6) is 0. The topological polar surface area (TPSA) is 0 Å². The Morgan fingerprint density at radius 1 is 0.810 bits per heavy atom. The molecule has 0 amide bonds. The molecule has 0 bridgehead atoms. The summed E-state index contributed by atoms with van der Waals surface area (Å²) in [7, 11) is 0. The fourth-order valence-electron chi connectivity index (χ4n) is 2.61. The first kappa shape index (κ1) is 14.8. The Morgan fingerprint density at radius 2 is 1.52 bits per heavy atom. The van der Waals surface area contributed by atoms with Crippen molar-refractivity contribution < 1.29 is 0 Å². The number of rotatable bonds is 2. The van der Waals surface area contributed by atoms with E-state index in [0.717, 1.165) is 4.47 Å². The van der Waals surface area contributed by atoms with Crippen LogP contribution in [0.15, 0.2) is 59.1 Å². The third-order valence-electron chi connectivity index (χ3n) is 3.83. The fraction of sp³-hybridized carbons (Fsp3) is 0.158. The number of aryl methyl sites for hydroxylation is 2. The monoisotopic (exact) mass is 402 g/mol. The smallest absolute Gasteiger partial charge is 0.0647 e. The van der Waals surface area contributed by atoms with Gasteiger partial charge in [0.15, 0.2) is 0 Å². The maximum Gasteiger partial charge on any atom is 0.0647 e. The Labute approximate surface area is 142 Å². The van der Waals surface area contributed by atoms with Crippen molar-refractivity contribution in [3.05, 3.63) is 81.3 Å². The van der Waals surface area contributed by atoms with Gasteiger partial charge in [0.05, 0.1) is 4.83 Å². The average Bonchev–Trinajstić information content (AvgIpc) is 2.48. The Kier molecular flexibility index (Phi) is 4.19. The van der Waals surface area contributed by atoms with E-state index in [1.165, 1.54) is 33.0 Å². The zero-order valence-electron chi connectivity index (χ0n) is 12.0. The quantitative estimate of drug-likeness (QED) is 0.417. The molecule has 0 aliphatic rings. The van der Waals surface area contributed by atoms with Crippen LogP contribution in [0.4, 0.5) is 0 Å². The van der Waals surface area contributed by atoms with E-state index in [4.69, 9.17) is 0 Å². The summed E-state index contributed by atoms with van der Waals surface area (Å²) in [6, 6.07) is 19.7. The molecule has 3 aromatic carbocycles. The third kappa shape index (κ3) is 3.07. The predicted molar refractivity (Wildman–Crippen MR) is 98.3 cm³/mol. The molecule has 1 atom stereocenters. The summed E-state index contributed by atoms with van der Waals surface area (Å²) < 4.78 is 1.12. The van der Waals surface area contributed by atoms with Gasteiger partial charge < -0.3 is 0 Å². The number of halogens is 2. The molecule has 21 heavy (non-hydrogen) atoms. The van der Waals surface area contributed by atoms with Crippen molar-refractivity contribution in [2.24, 2.45) is 0 Å². The molecule has 0 saturated carbocycles. The van der Waals surface area contributed by atoms with Crippen LogP contribution in [0.5, 0.6) is 0 Å². The van der Waals surface area contributed by atoms with Crippen LogP contribution in [0, 0.1) is 13.8 Å². The van der Waals surface area contributed by atoms with Crippen LogP contribution in [0.3, 0.4) is 0 Å². The summed E-state index contributed by atoms with van der Waals surface area (Å²) in [4.78, 5) is 0.227. The van der Waals surface area contributed by atoms with Gasteiger partial charge in [-0.2, -0.15) is 0 Å². The van der Waals surface area contributed by atoms with Gasteiger partial charge in [0, 0.05) is 4.47 Å². The summed E-state index contributed by atoms with van der Waals surface area (Å²) in [6.45, 7) is 4.31. The van der Waals surface area contributed by atoms with Crippen molar-refractivity contribution in [1.29, 1.82) is 0 Å². The Morgan fingerprint density at radius 3 is 2.33 bits per heavy atom. The van der Waals surface area contributed by atoms with Gasteiger partial charge in [0.2, 0.25) is 0 Å². The van der Waals surface area contributed by atoms with Gasteiger partial charge in [0.25, 0.3) is 0 Å². The van der Waals surface area contributed by atoms with E-state index in [1.54, 1.807) is 0 Å². The minimum absolute atomic E-state index is 0.227. The second-order valence-corrected chi connectivity index (χ2v) is 7.30. The lowest BCUT2D eigenvalue weighted by Gasteiger charge is -2.15. The van der Waals surface area contributed by atoms with Gasteiger partial charge in [-0.25, -0.2) is 0 Å². The van der Waals surface area contributed by atoms with E-state index in [2.05, 4.69) is 100 Å². The SMILES string of the molecule is Cc1ccc(C)c(C(Br)c2ccc3cc(Br)ccc3c2)c1. The molecule has 106 valence electrons. The van der Waals surface area contributed by atoms with E-state index in [0.29, 0.717) is 0 Å². The van der Waals surface area contributed by atoms with Crippen LogP contribution in [-0.2, 0) is 0 Å². The largest absolute Gasteiger partial charge is 0.0786 e. The lowest BCUT2D eigenvalue weighted by molar-refractivity contribution is 1.14. The molecule has 0 aliphatic heterocycles. The van der Waals surface area contributed by atoms with Gasteiger partial charge in [0.1, 0.15) is 0 Å². The van der Waals surface area contributed by atoms with Crippen LogP contribution in [0.2, 0.25) is 0 Å². The van der Waals surface area contributed by atoms with Crippen LogP contribution >= 0.6 is 31.9 Å². The average molecular weight is 404 g/mol. The second-order valence-electron chi connectivity index (χ2n) is 5.47. The Balaban J connectivity index is 2.07. The maximum absolute atomic E-state index is 3.87. The number of fused-ring (bicyclic) bond motifs is 1. The van der Waals surface area contributed by atoms with Gasteiger partial charge in [-0.3, -0.25) is 0 Å². The first-order valence-electron chi connectivity index (χ1n) is 6.95. The molecule has 3 rings (SSSR count). The molecule has 0 aromatic heterocycles. The molecule has 3 aromatic rings. The Bertz CT molecular complexity index is 806. The molecule has 2 heteroatoms. The second kappa shape index (κ2) is 5.94. The van der Waals surface area contributed by atoms with E-state index >= 15 is 0 Å². The minimum Gasteiger partial charge on any atom is -0.0786 e. The predicted octanol–water partition coefficient (Wildman–Crippen LogP) is 6.70. The van der Waals surface area contributed by atoms with E-state index in [-0.39, 0.29) is 4.83 Å². The fourth-order valence-corrected chi connectivity index (χ4v) is 3.76. The molecule has 0 spiro atoms. The lowest BCUT2D eigenvalue weighted by Crippen LogP contribution is -1.96. The van der Waals surface area contributed by atoms with Gasteiger partial charge >= 0.3 is 0 Å². The van der Waals surface area contributed by atoms with Gasteiger partial charge in [-0.05, 0) is 59.5 Å². The summed E-state index contributed by atoms with van der Waals surface area (Å²) >= 11 is 7.39. The molecule has 0 radical (unpaired) electrons. The molecular weight excluding hydrogens is 388 g/mol. The first-order chi connectivity index (χ1) is 10.0. The van der Waals surface area contributed by atoms with E-state index < -0.39 is 0 Å². The number of hydrogen-bond donors (Lipinski definition) is 0. The Hall–Kier alpha value is -1.12. The van der Waals surface area contributed by atoms with Crippen molar-refractivity contribution in [2.75, 3.05) is 0 Å². The maximum atomic E-state index is 3.87. The summed E-state index contributed by atoms with van der Waals surface area (Å²) in [5.41, 5.74) is 5.24. The van der Waals surface area contributed by atoms with Gasteiger partial charge in [-0.1, -0.05) is 73.8 Å². The number of benzene rings is 3. The highest BCUT2D eigenvalue weighted by molar-refractivity contribution is 9.10. The first-order valence-corrected chi connectivity index (χ1v) is 8.66. The van der Waals surface area contributed by atoms with Crippen LogP contribution in [0.1, 0.15) is 27.1 Å². The van der Waals surface area contributed by atoms with E-state index in [9.17, 15) is 0 Å². The minimum atomic E-state index is 0.227. The highest BCUT2D eigenvalue weighted by Crippen LogP contribution is 2.35. The molecule has 0 nitrogen and oxygen atoms in total. The zero-order chi connectivity index (χ0) is 15.0. The number of hydrogen-bond acceptors (Lipinski definition) is 0. The van der Waals surface area contributed by atoms with Crippen molar-refractivity contribution in [1.82, 2.24) is 0 Å². The normalized spacial score (nSPS) is 12.6. The van der Waals surface area contributed by atoms with Crippen LogP contribution in [0.25, 0.3) is 10.8 Å². The molecular formula is C19H16Br2. The van der Waals surface area contributed by atoms with Crippen LogP contribution < -0.4 is 0 Å². The van der Waals surface area contributed by atoms with Crippen molar-refractivity contribution in [3.63, 3.8) is 0 Å². The van der Waals surface area contributed by atoms with Crippen molar-refractivity contribution in [2.45, 2.75) is 18.7 Å². The highest BCUT2D eigenvalue weighted by atomic mass is 79.9. The molecule has 0 heterocycles. The number of alkyl halides is 1. The van der Waals surface area contributed by atoms with Crippen molar-refractivity contribution >= 4 is 42.6 Å². The standard InChI is InChI=1S/C19H16Br2/c1-12-3-4-13(2)18(9-12)19(21)16-6-5-15-11-17(20)8-7-14(15)10-16/h3-11,19H,1-2H3. The molecule has 1 unspecified atom stereocenters. The molecule has 0 fully saturated rings.